The highest BCUT2D eigenvalue weighted by atomic mass is 16.5. The fourth-order valence-corrected chi connectivity index (χ4v) is 1.31. The number of aliphatic carboxylic acids is 1. The van der Waals surface area contributed by atoms with Crippen LogP contribution < -0.4 is 5.73 Å². The number of ether oxygens (including phenoxy) is 1. The first-order valence-corrected chi connectivity index (χ1v) is 6.79. The number of carbonyl (C=O) groups is 1. The topological polar surface area (TPSA) is 92.8 Å². The summed E-state index contributed by atoms with van der Waals surface area (Å²) in [4.78, 5) is 10.1. The van der Waals surface area contributed by atoms with Gasteiger partial charge in [-0.1, -0.05) is 39.0 Å². The molecule has 4 N–H and O–H groups in total. The highest BCUT2D eigenvalue weighted by Crippen LogP contribution is 2.06. The predicted octanol–water partition coefficient (Wildman–Crippen LogP) is 1.78. The fraction of sp³-hybridized carbons (Fsp3) is 0.923. The Balaban J connectivity index is 0. The van der Waals surface area contributed by atoms with Crippen molar-refractivity contribution in [2.45, 2.75) is 51.9 Å². The first-order valence-electron chi connectivity index (χ1n) is 6.79. The maximum absolute atomic E-state index is 10.1. The van der Waals surface area contributed by atoms with Gasteiger partial charge in [-0.2, -0.15) is 0 Å². The van der Waals surface area contributed by atoms with E-state index >= 15 is 0 Å². The molecule has 0 atom stereocenters. The third-order valence-electron chi connectivity index (χ3n) is 2.24. The zero-order valence-corrected chi connectivity index (χ0v) is 11.6. The minimum Gasteiger partial charge on any atom is -0.481 e. The van der Waals surface area contributed by atoms with Crippen LogP contribution in [0.2, 0.25) is 0 Å². The molecule has 0 radical (unpaired) electrons. The fourth-order valence-electron chi connectivity index (χ4n) is 1.31. The smallest absolute Gasteiger partial charge is 0.303 e. The van der Waals surface area contributed by atoms with Crippen LogP contribution in [0.5, 0.6) is 0 Å². The molecule has 0 aromatic rings. The lowest BCUT2D eigenvalue weighted by atomic mass is 10.1. The van der Waals surface area contributed by atoms with Gasteiger partial charge in [-0.15, -0.1) is 0 Å². The quantitative estimate of drug-likeness (QED) is 0.494. The molecule has 0 aromatic heterocycles. The van der Waals surface area contributed by atoms with E-state index in [4.69, 9.17) is 20.7 Å². The van der Waals surface area contributed by atoms with Crippen molar-refractivity contribution < 1.29 is 19.7 Å². The van der Waals surface area contributed by atoms with Crippen molar-refractivity contribution in [2.75, 3.05) is 26.4 Å². The molecule has 0 fully saturated rings. The molecule has 0 rings (SSSR count). The maximum Gasteiger partial charge on any atom is 0.303 e. The molecular formula is C13H29NO4. The summed E-state index contributed by atoms with van der Waals surface area (Å²) in [6.45, 7) is 3.73. The van der Waals surface area contributed by atoms with Gasteiger partial charge in [0.2, 0.25) is 0 Å². The second-order valence-corrected chi connectivity index (χ2v) is 4.04. The Kier molecular flexibility index (Phi) is 20.5. The van der Waals surface area contributed by atoms with E-state index in [2.05, 4.69) is 6.92 Å². The second kappa shape index (κ2) is 18.7. The maximum atomic E-state index is 10.1. The zero-order chi connectivity index (χ0) is 14.1. The van der Waals surface area contributed by atoms with Gasteiger partial charge in [-0.05, 0) is 6.42 Å². The average Bonchev–Trinajstić information content (AvgIpc) is 2.35. The molecule has 0 unspecified atom stereocenters. The Morgan fingerprint density at radius 1 is 1.11 bits per heavy atom. The van der Waals surface area contributed by atoms with Gasteiger partial charge in [-0.3, -0.25) is 4.79 Å². The average molecular weight is 263 g/mol. The summed E-state index contributed by atoms with van der Waals surface area (Å²) in [7, 11) is 0. The molecular weight excluding hydrogens is 234 g/mol. The van der Waals surface area contributed by atoms with Crippen molar-refractivity contribution in [3.05, 3.63) is 0 Å². The Bertz CT molecular complexity index is 161. The van der Waals surface area contributed by atoms with Gasteiger partial charge in [-0.25, -0.2) is 0 Å². The number of unbranched alkanes of at least 4 members (excludes halogenated alkanes) is 5. The second-order valence-electron chi connectivity index (χ2n) is 4.04. The third kappa shape index (κ3) is 24.5. The van der Waals surface area contributed by atoms with Crippen LogP contribution >= 0.6 is 0 Å². The van der Waals surface area contributed by atoms with Crippen molar-refractivity contribution in [3.8, 4) is 0 Å². The third-order valence-corrected chi connectivity index (χ3v) is 2.24. The number of hydrogen-bond donors (Lipinski definition) is 3. The van der Waals surface area contributed by atoms with Crippen molar-refractivity contribution in [2.24, 2.45) is 5.73 Å². The molecule has 0 aliphatic rings. The Morgan fingerprint density at radius 2 is 1.72 bits per heavy atom. The lowest BCUT2D eigenvalue weighted by Gasteiger charge is -1.97. The van der Waals surface area contributed by atoms with Crippen molar-refractivity contribution >= 4 is 5.97 Å². The molecule has 5 heteroatoms. The van der Waals surface area contributed by atoms with Gasteiger partial charge in [0.25, 0.3) is 0 Å². The van der Waals surface area contributed by atoms with Crippen LogP contribution in [0.4, 0.5) is 0 Å². The molecule has 5 nitrogen and oxygen atoms in total. The van der Waals surface area contributed by atoms with Crippen LogP contribution in [-0.2, 0) is 9.53 Å². The lowest BCUT2D eigenvalue weighted by molar-refractivity contribution is -0.137. The van der Waals surface area contributed by atoms with Gasteiger partial charge in [0.05, 0.1) is 19.8 Å². The summed E-state index contributed by atoms with van der Waals surface area (Å²) in [5.41, 5.74) is 5.06. The number of carboxylic acids is 1. The summed E-state index contributed by atoms with van der Waals surface area (Å²) < 4.78 is 4.76. The minimum atomic E-state index is -0.666. The van der Waals surface area contributed by atoms with E-state index in [0.717, 1.165) is 12.8 Å². The standard InChI is InChI=1S/C9H18O2.C4H11NO2/c1-2-3-4-5-6-7-8-9(10)11;5-1-3-7-4-2-6/h2-8H2,1H3,(H,10,11);6H,1-5H2. The normalized spacial score (nSPS) is 9.72. The SMILES string of the molecule is CCCCCCCCC(=O)O.NCCOCCO. The van der Waals surface area contributed by atoms with E-state index in [-0.39, 0.29) is 6.61 Å². The van der Waals surface area contributed by atoms with Crippen molar-refractivity contribution in [1.82, 2.24) is 0 Å². The Morgan fingerprint density at radius 3 is 2.22 bits per heavy atom. The van der Waals surface area contributed by atoms with E-state index in [0.29, 0.717) is 26.2 Å². The van der Waals surface area contributed by atoms with Crippen molar-refractivity contribution in [1.29, 1.82) is 0 Å². The van der Waals surface area contributed by atoms with Gasteiger partial charge in [0, 0.05) is 13.0 Å². The van der Waals surface area contributed by atoms with Gasteiger partial charge < -0.3 is 20.7 Å². The minimum absolute atomic E-state index is 0.0833. The van der Waals surface area contributed by atoms with Gasteiger partial charge in [0.15, 0.2) is 0 Å². The van der Waals surface area contributed by atoms with Crippen molar-refractivity contribution in [3.63, 3.8) is 0 Å². The van der Waals surface area contributed by atoms with Crippen LogP contribution in [0.1, 0.15) is 51.9 Å². The van der Waals surface area contributed by atoms with E-state index in [1.807, 2.05) is 0 Å². The molecule has 0 aliphatic carbocycles. The van der Waals surface area contributed by atoms with Gasteiger partial charge >= 0.3 is 5.97 Å². The summed E-state index contributed by atoms with van der Waals surface area (Å²) in [5.74, 6) is -0.666. The monoisotopic (exact) mass is 263 g/mol. The van der Waals surface area contributed by atoms with E-state index in [1.165, 1.54) is 25.7 Å². The molecule has 18 heavy (non-hydrogen) atoms. The number of nitrogens with two attached hydrogens (primary N) is 1. The number of aliphatic hydroxyl groups excluding tert-OH is 1. The van der Waals surface area contributed by atoms with Crippen LogP contribution in [0.3, 0.4) is 0 Å². The summed E-state index contributed by atoms with van der Waals surface area (Å²) >= 11 is 0. The Labute approximate surface area is 110 Å². The number of hydrogen-bond acceptors (Lipinski definition) is 4. The van der Waals surface area contributed by atoms with Crippen LogP contribution in [0.15, 0.2) is 0 Å². The van der Waals surface area contributed by atoms with Gasteiger partial charge in [0.1, 0.15) is 0 Å². The molecule has 0 saturated heterocycles. The van der Waals surface area contributed by atoms with Crippen LogP contribution in [0.25, 0.3) is 0 Å². The molecule has 0 aromatic carbocycles. The number of rotatable bonds is 11. The first kappa shape index (κ1) is 19.7. The highest BCUT2D eigenvalue weighted by molar-refractivity contribution is 5.66. The summed E-state index contributed by atoms with van der Waals surface area (Å²) in [5, 5.41) is 16.4. The lowest BCUT2D eigenvalue weighted by Crippen LogP contribution is -2.10. The van der Waals surface area contributed by atoms with E-state index in [1.54, 1.807) is 0 Å². The van der Waals surface area contributed by atoms with Crippen LogP contribution in [0, 0.1) is 0 Å². The molecule has 0 saturated carbocycles. The van der Waals surface area contributed by atoms with E-state index < -0.39 is 5.97 Å². The highest BCUT2D eigenvalue weighted by Gasteiger charge is 1.95. The summed E-state index contributed by atoms with van der Waals surface area (Å²) in [6.07, 6.45) is 7.25. The Hall–Kier alpha value is -0.650. The zero-order valence-electron chi connectivity index (χ0n) is 11.6. The molecule has 0 spiro atoms. The largest absolute Gasteiger partial charge is 0.481 e. The molecule has 0 amide bonds. The first-order chi connectivity index (χ1) is 8.68. The number of aliphatic hydroxyl groups is 1. The molecule has 0 heterocycles. The molecule has 0 aliphatic heterocycles. The van der Waals surface area contributed by atoms with Crippen LogP contribution in [-0.4, -0.2) is 42.5 Å². The predicted molar refractivity (Wildman–Crippen MR) is 72.6 cm³/mol. The van der Waals surface area contributed by atoms with E-state index in [9.17, 15) is 4.79 Å². The molecule has 0 bridgehead atoms. The molecule has 110 valence electrons. The summed E-state index contributed by atoms with van der Waals surface area (Å²) in [6, 6.07) is 0. The number of carboxylic acid groups (broad SMARTS) is 1.